The highest BCUT2D eigenvalue weighted by Gasteiger charge is 2.30. The minimum absolute atomic E-state index is 0.189. The highest BCUT2D eigenvalue weighted by Crippen LogP contribution is 2.33. The summed E-state index contributed by atoms with van der Waals surface area (Å²) in [6.45, 7) is 0. The fourth-order valence-corrected chi connectivity index (χ4v) is 2.75. The summed E-state index contributed by atoms with van der Waals surface area (Å²) in [6, 6.07) is 12.1. The van der Waals surface area contributed by atoms with E-state index in [9.17, 15) is 9.18 Å². The van der Waals surface area contributed by atoms with E-state index < -0.39 is 6.17 Å². The van der Waals surface area contributed by atoms with Gasteiger partial charge in [-0.25, -0.2) is 4.39 Å². The van der Waals surface area contributed by atoms with Crippen molar-refractivity contribution in [1.29, 1.82) is 0 Å². The first-order valence-electron chi connectivity index (χ1n) is 6.15. The smallest absolute Gasteiger partial charge is 0.255 e. The molecule has 0 bridgehead atoms. The van der Waals surface area contributed by atoms with Crippen LogP contribution in [0.3, 0.4) is 0 Å². The lowest BCUT2D eigenvalue weighted by molar-refractivity contribution is 0.0927. The molecule has 1 aliphatic heterocycles. The quantitative estimate of drug-likeness (QED) is 0.866. The van der Waals surface area contributed by atoms with Crippen LogP contribution >= 0.6 is 15.9 Å². The molecule has 0 saturated carbocycles. The van der Waals surface area contributed by atoms with Crippen LogP contribution in [0.2, 0.25) is 0 Å². The van der Waals surface area contributed by atoms with E-state index in [2.05, 4.69) is 21.2 Å². The van der Waals surface area contributed by atoms with Gasteiger partial charge in [0.05, 0.1) is 11.3 Å². The van der Waals surface area contributed by atoms with Crippen molar-refractivity contribution in [1.82, 2.24) is 5.32 Å². The first-order chi connectivity index (χ1) is 9.58. The van der Waals surface area contributed by atoms with Crippen molar-refractivity contribution in [2.24, 2.45) is 0 Å². The van der Waals surface area contributed by atoms with Crippen LogP contribution in [0, 0.1) is 5.82 Å². The van der Waals surface area contributed by atoms with Gasteiger partial charge in [-0.15, -0.1) is 0 Å². The second-order valence-electron chi connectivity index (χ2n) is 4.67. The molecule has 102 valence electrons. The van der Waals surface area contributed by atoms with E-state index in [1.165, 1.54) is 6.07 Å². The molecule has 0 radical (unpaired) electrons. The summed E-state index contributed by atoms with van der Waals surface area (Å²) in [5, 5.41) is 2.83. The molecule has 20 heavy (non-hydrogen) atoms. The molecule has 0 saturated heterocycles. The molecule has 0 spiro atoms. The zero-order valence-corrected chi connectivity index (χ0v) is 12.3. The summed E-state index contributed by atoms with van der Waals surface area (Å²) >= 11 is 3.23. The highest BCUT2D eigenvalue weighted by atomic mass is 79.9. The molecular weight excluding hydrogens is 323 g/mol. The molecule has 2 aromatic rings. The maximum Gasteiger partial charge on any atom is 0.255 e. The van der Waals surface area contributed by atoms with Gasteiger partial charge in [0, 0.05) is 17.1 Å². The van der Waals surface area contributed by atoms with E-state index in [0.717, 1.165) is 5.69 Å². The number of nitrogens with zero attached hydrogens (tertiary/aromatic N) is 1. The van der Waals surface area contributed by atoms with Gasteiger partial charge in [-0.1, -0.05) is 34.1 Å². The number of nitrogens with one attached hydrogen (secondary N) is 1. The highest BCUT2D eigenvalue weighted by molar-refractivity contribution is 9.10. The maximum absolute atomic E-state index is 14.1. The van der Waals surface area contributed by atoms with E-state index in [-0.39, 0.29) is 11.7 Å². The van der Waals surface area contributed by atoms with Gasteiger partial charge in [-0.2, -0.15) is 0 Å². The van der Waals surface area contributed by atoms with E-state index in [1.807, 2.05) is 30.1 Å². The first-order valence-corrected chi connectivity index (χ1v) is 6.95. The van der Waals surface area contributed by atoms with E-state index in [4.69, 9.17) is 0 Å². The third kappa shape index (κ3) is 2.08. The number of benzene rings is 2. The Morgan fingerprint density at radius 3 is 2.75 bits per heavy atom. The van der Waals surface area contributed by atoms with Crippen molar-refractivity contribution in [3.8, 4) is 0 Å². The molecule has 3 nitrogen and oxygen atoms in total. The predicted molar refractivity (Wildman–Crippen MR) is 79.2 cm³/mol. The molecule has 2 aromatic carbocycles. The van der Waals surface area contributed by atoms with Crippen LogP contribution < -0.4 is 10.2 Å². The zero-order chi connectivity index (χ0) is 14.3. The average Bonchev–Trinajstić information content (AvgIpc) is 2.43. The van der Waals surface area contributed by atoms with Crippen LogP contribution in [0.15, 0.2) is 46.9 Å². The number of halogens is 2. The molecule has 0 aromatic heterocycles. The van der Waals surface area contributed by atoms with Crippen LogP contribution in [-0.2, 0) is 0 Å². The van der Waals surface area contributed by atoms with Gasteiger partial charge < -0.3 is 10.2 Å². The molecule has 1 N–H and O–H groups in total. The molecule has 1 unspecified atom stereocenters. The van der Waals surface area contributed by atoms with Gasteiger partial charge in [0.15, 0.2) is 0 Å². The fourth-order valence-electron chi connectivity index (χ4n) is 2.42. The molecule has 5 heteroatoms. The largest absolute Gasteiger partial charge is 0.350 e. The minimum Gasteiger partial charge on any atom is -0.350 e. The molecule has 1 aliphatic rings. The Kier molecular flexibility index (Phi) is 3.22. The minimum atomic E-state index is -0.509. The van der Waals surface area contributed by atoms with Gasteiger partial charge in [0.1, 0.15) is 12.0 Å². The molecule has 3 rings (SSSR count). The second kappa shape index (κ2) is 4.90. The van der Waals surface area contributed by atoms with Crippen molar-refractivity contribution in [3.63, 3.8) is 0 Å². The molecule has 1 heterocycles. The molecule has 1 amide bonds. The molecule has 0 aliphatic carbocycles. The first kappa shape index (κ1) is 13.1. The summed E-state index contributed by atoms with van der Waals surface area (Å²) in [5.41, 5.74) is 1.84. The van der Waals surface area contributed by atoms with Gasteiger partial charge in [0.25, 0.3) is 5.91 Å². The number of rotatable bonds is 1. The van der Waals surface area contributed by atoms with Gasteiger partial charge in [0.2, 0.25) is 0 Å². The summed E-state index contributed by atoms with van der Waals surface area (Å²) in [6.07, 6.45) is -0.509. The Balaban J connectivity index is 2.07. The van der Waals surface area contributed by atoms with Crippen LogP contribution in [0.4, 0.5) is 10.1 Å². The van der Waals surface area contributed by atoms with Crippen molar-refractivity contribution < 1.29 is 9.18 Å². The number of carbonyl (C=O) groups excluding carboxylic acids is 1. The molecular formula is C15H12BrFN2O. The normalized spacial score (nSPS) is 17.6. The van der Waals surface area contributed by atoms with Crippen molar-refractivity contribution >= 4 is 27.5 Å². The monoisotopic (exact) mass is 334 g/mol. The lowest BCUT2D eigenvalue weighted by atomic mass is 10.0. The van der Waals surface area contributed by atoms with Gasteiger partial charge >= 0.3 is 0 Å². The molecule has 1 atom stereocenters. The average molecular weight is 335 g/mol. The van der Waals surface area contributed by atoms with Crippen molar-refractivity contribution in [2.75, 3.05) is 11.9 Å². The number of hydrogen-bond acceptors (Lipinski definition) is 2. The molecule has 0 fully saturated rings. The SMILES string of the molecule is CN1c2ccccc2C(=O)NC1c1ccc(Br)cc1F. The number of para-hydroxylation sites is 1. The van der Waals surface area contributed by atoms with Crippen molar-refractivity contribution in [2.45, 2.75) is 6.17 Å². The lowest BCUT2D eigenvalue weighted by Crippen LogP contribution is -2.44. The standard InChI is InChI=1S/C15H12BrFN2O/c1-19-13-5-3-2-4-11(13)15(20)18-14(19)10-7-6-9(16)8-12(10)17/h2-8,14H,1H3,(H,18,20). The summed E-state index contributed by atoms with van der Waals surface area (Å²) < 4.78 is 14.8. The lowest BCUT2D eigenvalue weighted by Gasteiger charge is -2.36. The second-order valence-corrected chi connectivity index (χ2v) is 5.59. The topological polar surface area (TPSA) is 32.3 Å². The number of carbonyl (C=O) groups is 1. The Bertz CT molecular complexity index is 689. The number of anilines is 1. The third-order valence-corrected chi connectivity index (χ3v) is 3.93. The van der Waals surface area contributed by atoms with Crippen LogP contribution in [0.1, 0.15) is 22.1 Å². The summed E-state index contributed by atoms with van der Waals surface area (Å²) in [4.78, 5) is 14.0. The Morgan fingerprint density at radius 2 is 2.00 bits per heavy atom. The zero-order valence-electron chi connectivity index (χ0n) is 10.7. The predicted octanol–water partition coefficient (Wildman–Crippen LogP) is 3.47. The third-order valence-electron chi connectivity index (χ3n) is 3.44. The fraction of sp³-hybridized carbons (Fsp3) is 0.133. The Morgan fingerprint density at radius 1 is 1.25 bits per heavy atom. The van der Waals surface area contributed by atoms with Crippen molar-refractivity contribution in [3.05, 3.63) is 63.9 Å². The van der Waals surface area contributed by atoms with Crippen LogP contribution in [0.5, 0.6) is 0 Å². The van der Waals surface area contributed by atoms with Gasteiger partial charge in [-0.3, -0.25) is 4.79 Å². The Hall–Kier alpha value is -1.88. The van der Waals surface area contributed by atoms with E-state index in [0.29, 0.717) is 15.6 Å². The number of hydrogen-bond donors (Lipinski definition) is 1. The summed E-state index contributed by atoms with van der Waals surface area (Å²) in [7, 11) is 1.84. The maximum atomic E-state index is 14.1. The van der Waals surface area contributed by atoms with Gasteiger partial charge in [-0.05, 0) is 24.3 Å². The number of amides is 1. The Labute approximate surface area is 124 Å². The van der Waals surface area contributed by atoms with Crippen LogP contribution in [-0.4, -0.2) is 13.0 Å². The van der Waals surface area contributed by atoms with E-state index >= 15 is 0 Å². The van der Waals surface area contributed by atoms with Crippen LogP contribution in [0.25, 0.3) is 0 Å². The number of fused-ring (bicyclic) bond motifs is 1. The summed E-state index contributed by atoms with van der Waals surface area (Å²) in [5.74, 6) is -0.540. The van der Waals surface area contributed by atoms with E-state index in [1.54, 1.807) is 18.2 Å².